The number of halogens is 1. The highest BCUT2D eigenvalue weighted by molar-refractivity contribution is 5.79. The van der Waals surface area contributed by atoms with Crippen molar-refractivity contribution in [1.82, 2.24) is 15.2 Å². The first-order chi connectivity index (χ1) is 11.6. The highest BCUT2D eigenvalue weighted by atomic mass is 19.1. The lowest BCUT2D eigenvalue weighted by Gasteiger charge is -2.22. The Labute approximate surface area is 143 Å². The third kappa shape index (κ3) is 5.65. The third-order valence-electron chi connectivity index (χ3n) is 3.64. The molecule has 2 rings (SSSR count). The fourth-order valence-electron chi connectivity index (χ4n) is 2.39. The van der Waals surface area contributed by atoms with Crippen LogP contribution in [0.3, 0.4) is 0 Å². The van der Waals surface area contributed by atoms with Crippen LogP contribution < -0.4 is 5.32 Å². The summed E-state index contributed by atoms with van der Waals surface area (Å²) in [6, 6.07) is 10.8. The maximum atomic E-state index is 13.3. The van der Waals surface area contributed by atoms with Gasteiger partial charge in [0.1, 0.15) is 5.82 Å². The molecular weight excluding hydrogens is 303 g/mol. The van der Waals surface area contributed by atoms with Crippen LogP contribution in [0.1, 0.15) is 23.7 Å². The minimum Gasteiger partial charge on any atom is -0.357 e. The molecule has 128 valence electrons. The van der Waals surface area contributed by atoms with Crippen molar-refractivity contribution in [3.63, 3.8) is 0 Å². The van der Waals surface area contributed by atoms with Crippen LogP contribution in [0.2, 0.25) is 0 Å². The largest absolute Gasteiger partial charge is 0.357 e. The summed E-state index contributed by atoms with van der Waals surface area (Å²) >= 11 is 0. The van der Waals surface area contributed by atoms with Crippen LogP contribution in [-0.2, 0) is 13.0 Å². The second-order valence-corrected chi connectivity index (χ2v) is 5.78. The monoisotopic (exact) mass is 328 g/mol. The summed E-state index contributed by atoms with van der Waals surface area (Å²) in [4.78, 5) is 11.0. The molecule has 24 heavy (non-hydrogen) atoms. The molecule has 0 fully saturated rings. The molecule has 2 aromatic rings. The maximum Gasteiger partial charge on any atom is 0.193 e. The highest BCUT2D eigenvalue weighted by Gasteiger charge is 2.07. The number of nitrogens with one attached hydrogen (secondary N) is 1. The fourth-order valence-corrected chi connectivity index (χ4v) is 2.39. The van der Waals surface area contributed by atoms with Gasteiger partial charge in [0.05, 0.1) is 0 Å². The van der Waals surface area contributed by atoms with Crippen LogP contribution in [0.4, 0.5) is 4.39 Å². The summed E-state index contributed by atoms with van der Waals surface area (Å²) in [7, 11) is 1.96. The molecule has 0 saturated carbocycles. The average Bonchev–Trinajstić information content (AvgIpc) is 2.56. The molecule has 5 heteroatoms. The minimum atomic E-state index is -0.213. The van der Waals surface area contributed by atoms with Gasteiger partial charge in [-0.1, -0.05) is 18.2 Å². The quantitative estimate of drug-likeness (QED) is 0.654. The van der Waals surface area contributed by atoms with Crippen molar-refractivity contribution in [3.8, 4) is 0 Å². The predicted octanol–water partition coefficient (Wildman–Crippen LogP) is 3.17. The first-order valence-electron chi connectivity index (χ1n) is 8.24. The Bertz CT molecular complexity index is 667. The minimum absolute atomic E-state index is 0.213. The fraction of sp³-hybridized carbons (Fsp3) is 0.368. The van der Waals surface area contributed by atoms with E-state index in [0.717, 1.165) is 30.2 Å². The van der Waals surface area contributed by atoms with Gasteiger partial charge in [0.15, 0.2) is 5.96 Å². The lowest BCUT2D eigenvalue weighted by Crippen LogP contribution is -2.38. The van der Waals surface area contributed by atoms with Crippen LogP contribution in [-0.4, -0.2) is 36.0 Å². The van der Waals surface area contributed by atoms with Crippen molar-refractivity contribution in [2.75, 3.05) is 20.1 Å². The molecule has 0 radical (unpaired) electrons. The highest BCUT2D eigenvalue weighted by Crippen LogP contribution is 2.07. The molecule has 0 saturated heterocycles. The third-order valence-corrected chi connectivity index (χ3v) is 3.64. The Balaban J connectivity index is 1.97. The lowest BCUT2D eigenvalue weighted by molar-refractivity contribution is 0.475. The summed E-state index contributed by atoms with van der Waals surface area (Å²) in [6.07, 6.45) is 2.74. The second kappa shape index (κ2) is 9.01. The number of aromatic nitrogens is 1. The van der Waals surface area contributed by atoms with Crippen molar-refractivity contribution in [2.24, 2.45) is 4.99 Å². The summed E-state index contributed by atoms with van der Waals surface area (Å²) < 4.78 is 13.3. The SMILES string of the molecule is CCNC(=NCCc1ccc(C)nc1)N(C)Cc1cccc(F)c1. The van der Waals surface area contributed by atoms with E-state index in [1.165, 1.54) is 11.6 Å². The molecule has 4 nitrogen and oxygen atoms in total. The molecule has 1 aromatic heterocycles. The maximum absolute atomic E-state index is 13.3. The predicted molar refractivity (Wildman–Crippen MR) is 96.5 cm³/mol. The zero-order valence-corrected chi connectivity index (χ0v) is 14.6. The van der Waals surface area contributed by atoms with Gasteiger partial charge in [-0.2, -0.15) is 0 Å². The zero-order valence-electron chi connectivity index (χ0n) is 14.6. The number of hydrogen-bond donors (Lipinski definition) is 1. The van der Waals surface area contributed by atoms with Crippen LogP contribution in [0.5, 0.6) is 0 Å². The molecule has 0 aliphatic rings. The van der Waals surface area contributed by atoms with Gasteiger partial charge in [0, 0.05) is 38.6 Å². The zero-order chi connectivity index (χ0) is 17.4. The van der Waals surface area contributed by atoms with Gasteiger partial charge >= 0.3 is 0 Å². The van der Waals surface area contributed by atoms with Crippen LogP contribution in [0, 0.1) is 12.7 Å². The molecule has 0 bridgehead atoms. The van der Waals surface area contributed by atoms with E-state index in [4.69, 9.17) is 0 Å². The molecule has 0 aliphatic carbocycles. The van der Waals surface area contributed by atoms with E-state index in [2.05, 4.69) is 21.4 Å². The number of pyridine rings is 1. The van der Waals surface area contributed by atoms with Gasteiger partial charge in [-0.15, -0.1) is 0 Å². The Morgan fingerprint density at radius 2 is 2.08 bits per heavy atom. The smallest absolute Gasteiger partial charge is 0.193 e. The van der Waals surface area contributed by atoms with Gasteiger partial charge in [-0.3, -0.25) is 9.98 Å². The Hall–Kier alpha value is -2.43. The van der Waals surface area contributed by atoms with Crippen molar-refractivity contribution in [2.45, 2.75) is 26.8 Å². The molecular formula is C19H25FN4. The lowest BCUT2D eigenvalue weighted by atomic mass is 10.2. The molecule has 0 spiro atoms. The van der Waals surface area contributed by atoms with E-state index in [1.807, 2.05) is 44.1 Å². The summed E-state index contributed by atoms with van der Waals surface area (Å²) in [5, 5.41) is 3.28. The molecule has 0 atom stereocenters. The van der Waals surface area contributed by atoms with Gasteiger partial charge in [-0.25, -0.2) is 4.39 Å². The molecule has 1 aromatic carbocycles. The average molecular weight is 328 g/mol. The van der Waals surface area contributed by atoms with E-state index in [9.17, 15) is 4.39 Å². The molecule has 1 N–H and O–H groups in total. The first-order valence-corrected chi connectivity index (χ1v) is 8.24. The van der Waals surface area contributed by atoms with E-state index < -0.39 is 0 Å². The number of guanidine groups is 1. The molecule has 1 heterocycles. The van der Waals surface area contributed by atoms with E-state index in [0.29, 0.717) is 13.1 Å². The summed E-state index contributed by atoms with van der Waals surface area (Å²) in [5.41, 5.74) is 3.12. The van der Waals surface area contributed by atoms with Crippen molar-refractivity contribution >= 4 is 5.96 Å². The van der Waals surface area contributed by atoms with Crippen LogP contribution >= 0.6 is 0 Å². The standard InChI is InChI=1S/C19H25FN4/c1-4-21-19(22-11-10-16-9-8-15(2)23-13-16)24(3)14-17-6-5-7-18(20)12-17/h5-9,12-13H,4,10-11,14H2,1-3H3,(H,21,22). The van der Waals surface area contributed by atoms with Crippen LogP contribution in [0.15, 0.2) is 47.6 Å². The van der Waals surface area contributed by atoms with Crippen LogP contribution in [0.25, 0.3) is 0 Å². The van der Waals surface area contributed by atoms with E-state index >= 15 is 0 Å². The first kappa shape index (κ1) is 17.9. The number of aliphatic imine (C=N–C) groups is 1. The van der Waals surface area contributed by atoms with Gasteiger partial charge in [-0.05, 0) is 49.6 Å². The van der Waals surface area contributed by atoms with Crippen molar-refractivity contribution in [1.29, 1.82) is 0 Å². The number of aryl methyl sites for hydroxylation is 1. The molecule has 0 aliphatic heterocycles. The van der Waals surface area contributed by atoms with E-state index in [1.54, 1.807) is 12.1 Å². The molecule has 0 unspecified atom stereocenters. The Morgan fingerprint density at radius 1 is 1.25 bits per heavy atom. The number of rotatable bonds is 6. The Kier molecular flexibility index (Phi) is 6.73. The van der Waals surface area contributed by atoms with E-state index in [-0.39, 0.29) is 5.82 Å². The number of benzene rings is 1. The number of hydrogen-bond acceptors (Lipinski definition) is 2. The van der Waals surface area contributed by atoms with Crippen molar-refractivity contribution < 1.29 is 4.39 Å². The van der Waals surface area contributed by atoms with Gasteiger partial charge in [0.2, 0.25) is 0 Å². The second-order valence-electron chi connectivity index (χ2n) is 5.78. The van der Waals surface area contributed by atoms with Crippen molar-refractivity contribution in [3.05, 3.63) is 65.2 Å². The topological polar surface area (TPSA) is 40.5 Å². The summed E-state index contributed by atoms with van der Waals surface area (Å²) in [6.45, 7) is 6.09. The summed E-state index contributed by atoms with van der Waals surface area (Å²) in [5.74, 6) is 0.608. The van der Waals surface area contributed by atoms with Gasteiger partial charge in [0.25, 0.3) is 0 Å². The Morgan fingerprint density at radius 3 is 2.75 bits per heavy atom. The molecule has 0 amide bonds. The normalized spacial score (nSPS) is 11.4. The number of nitrogens with zero attached hydrogens (tertiary/aromatic N) is 3. The van der Waals surface area contributed by atoms with Gasteiger partial charge < -0.3 is 10.2 Å².